The van der Waals surface area contributed by atoms with Crippen LogP contribution < -0.4 is 0 Å². The Labute approximate surface area is 165 Å². The van der Waals surface area contributed by atoms with Gasteiger partial charge >= 0.3 is 0 Å². The van der Waals surface area contributed by atoms with Crippen LogP contribution in [0.4, 0.5) is 0 Å². The summed E-state index contributed by atoms with van der Waals surface area (Å²) in [5.74, 6) is -0.0704. The lowest BCUT2D eigenvalue weighted by atomic mass is 10.1. The third kappa shape index (κ3) is 2.53. The minimum absolute atomic E-state index is 0.0704. The molecule has 0 spiro atoms. The summed E-state index contributed by atoms with van der Waals surface area (Å²) in [7, 11) is 0. The van der Waals surface area contributed by atoms with Crippen LogP contribution in [0.15, 0.2) is 85.1 Å². The molecule has 3 nitrogen and oxygen atoms in total. The molecule has 5 rings (SSSR count). The number of carbonyl (C=O) groups excluding carboxylic acids is 1. The first-order valence-electron chi connectivity index (χ1n) is 8.89. The summed E-state index contributed by atoms with van der Waals surface area (Å²) < 4.78 is 1.84. The van der Waals surface area contributed by atoms with Crippen molar-refractivity contribution in [3.63, 3.8) is 0 Å². The number of thiophene rings is 1. The van der Waals surface area contributed by atoms with Crippen LogP contribution in [0.25, 0.3) is 26.7 Å². The van der Waals surface area contributed by atoms with Crippen molar-refractivity contribution in [1.29, 1.82) is 5.26 Å². The molecule has 0 amide bonds. The third-order valence-corrected chi connectivity index (χ3v) is 6.03. The number of hydrogen-bond donors (Lipinski definition) is 0. The summed E-state index contributed by atoms with van der Waals surface area (Å²) in [5.41, 5.74) is 2.90. The van der Waals surface area contributed by atoms with Crippen LogP contribution in [0.5, 0.6) is 0 Å². The van der Waals surface area contributed by atoms with Gasteiger partial charge in [-0.05, 0) is 35.2 Å². The first kappa shape index (κ1) is 16.5. The predicted molar refractivity (Wildman–Crippen MR) is 113 cm³/mol. The van der Waals surface area contributed by atoms with E-state index in [0.29, 0.717) is 16.1 Å². The average Bonchev–Trinajstić information content (AvgIpc) is 3.39. The number of aromatic nitrogens is 1. The maximum absolute atomic E-state index is 13.3. The SMILES string of the molecule is N#Cc1cc(C(=O)c2ccc(-c3ccccc3)s2)n2ccc3ccccc3c12. The number of nitrogens with zero attached hydrogens (tertiary/aromatic N) is 2. The molecule has 0 N–H and O–H groups in total. The second-order valence-electron chi connectivity index (χ2n) is 6.54. The van der Waals surface area contributed by atoms with Crippen molar-refractivity contribution < 1.29 is 4.79 Å². The van der Waals surface area contributed by atoms with Gasteiger partial charge in [0.1, 0.15) is 6.07 Å². The Balaban J connectivity index is 1.66. The standard InChI is InChI=1S/C24H14N2OS/c25-15-18-14-20(26-13-12-16-6-4-5-9-19(16)23(18)26)24(27)22-11-10-21(28-22)17-7-2-1-3-8-17/h1-14H. The van der Waals surface area contributed by atoms with Gasteiger partial charge in [-0.2, -0.15) is 5.26 Å². The Morgan fingerprint density at radius 3 is 2.54 bits per heavy atom. The van der Waals surface area contributed by atoms with Crippen LogP contribution in [0.2, 0.25) is 0 Å². The fourth-order valence-electron chi connectivity index (χ4n) is 3.57. The average molecular weight is 378 g/mol. The topological polar surface area (TPSA) is 45.3 Å². The summed E-state index contributed by atoms with van der Waals surface area (Å²) >= 11 is 1.47. The molecule has 0 radical (unpaired) electrons. The molecule has 0 saturated carbocycles. The highest BCUT2D eigenvalue weighted by Crippen LogP contribution is 2.31. The number of hydrogen-bond acceptors (Lipinski definition) is 3. The number of fused-ring (bicyclic) bond motifs is 3. The van der Waals surface area contributed by atoms with Gasteiger partial charge in [0.25, 0.3) is 0 Å². The predicted octanol–water partition coefficient (Wildman–Crippen LogP) is 5.92. The van der Waals surface area contributed by atoms with Gasteiger partial charge in [-0.1, -0.05) is 54.6 Å². The third-order valence-electron chi connectivity index (χ3n) is 4.90. The highest BCUT2D eigenvalue weighted by molar-refractivity contribution is 7.17. The first-order valence-corrected chi connectivity index (χ1v) is 9.71. The molecule has 0 aliphatic carbocycles. The van der Waals surface area contributed by atoms with E-state index in [4.69, 9.17) is 0 Å². The molecule has 28 heavy (non-hydrogen) atoms. The van der Waals surface area contributed by atoms with Crippen LogP contribution in [0.3, 0.4) is 0 Å². The van der Waals surface area contributed by atoms with Crippen molar-refractivity contribution in [3.8, 4) is 16.5 Å². The molecule has 3 aromatic heterocycles. The van der Waals surface area contributed by atoms with E-state index in [-0.39, 0.29) is 5.78 Å². The Bertz CT molecular complexity index is 1390. The van der Waals surface area contributed by atoms with E-state index in [0.717, 1.165) is 26.7 Å². The van der Waals surface area contributed by atoms with Crippen molar-refractivity contribution in [3.05, 3.63) is 101 Å². The first-order chi connectivity index (χ1) is 13.8. The van der Waals surface area contributed by atoms with Crippen molar-refractivity contribution in [2.24, 2.45) is 0 Å². The van der Waals surface area contributed by atoms with Crippen molar-refractivity contribution in [2.45, 2.75) is 0 Å². The molecule has 2 aromatic carbocycles. The number of benzene rings is 2. The molecule has 0 unspecified atom stereocenters. The summed E-state index contributed by atoms with van der Waals surface area (Å²) in [6, 6.07) is 27.7. The molecule has 0 bridgehead atoms. The minimum atomic E-state index is -0.0704. The molecular formula is C24H14N2OS. The molecule has 0 aliphatic rings. The van der Waals surface area contributed by atoms with Gasteiger partial charge in [0, 0.05) is 16.5 Å². The van der Waals surface area contributed by atoms with Gasteiger partial charge < -0.3 is 4.40 Å². The molecule has 0 fully saturated rings. The Kier molecular flexibility index (Phi) is 3.82. The highest BCUT2D eigenvalue weighted by Gasteiger charge is 2.20. The molecule has 132 valence electrons. The minimum Gasteiger partial charge on any atom is -0.312 e. The van der Waals surface area contributed by atoms with Crippen LogP contribution in [0, 0.1) is 11.3 Å². The lowest BCUT2D eigenvalue weighted by molar-refractivity contribution is 0.103. The lowest BCUT2D eigenvalue weighted by Crippen LogP contribution is -2.03. The highest BCUT2D eigenvalue weighted by atomic mass is 32.1. The summed E-state index contributed by atoms with van der Waals surface area (Å²) in [4.78, 5) is 15.0. The van der Waals surface area contributed by atoms with Gasteiger partial charge in [-0.3, -0.25) is 4.79 Å². The summed E-state index contributed by atoms with van der Waals surface area (Å²) in [6.07, 6.45) is 1.87. The number of carbonyl (C=O) groups is 1. The van der Waals surface area contributed by atoms with Gasteiger partial charge in [-0.25, -0.2) is 0 Å². The van der Waals surface area contributed by atoms with Crippen LogP contribution in [0.1, 0.15) is 20.9 Å². The maximum atomic E-state index is 13.3. The van der Waals surface area contributed by atoms with Gasteiger partial charge in [0.15, 0.2) is 0 Å². The molecule has 5 aromatic rings. The van der Waals surface area contributed by atoms with Crippen LogP contribution in [-0.4, -0.2) is 10.2 Å². The molecule has 0 saturated heterocycles. The molecule has 0 aliphatic heterocycles. The molecule has 4 heteroatoms. The largest absolute Gasteiger partial charge is 0.312 e. The fraction of sp³-hybridized carbons (Fsp3) is 0. The zero-order valence-electron chi connectivity index (χ0n) is 14.8. The molecule has 0 atom stereocenters. The van der Waals surface area contributed by atoms with Crippen molar-refractivity contribution in [1.82, 2.24) is 4.40 Å². The second kappa shape index (κ2) is 6.49. The van der Waals surface area contributed by atoms with Crippen LogP contribution in [-0.2, 0) is 0 Å². The van der Waals surface area contributed by atoms with Crippen molar-refractivity contribution in [2.75, 3.05) is 0 Å². The zero-order valence-corrected chi connectivity index (χ0v) is 15.6. The Morgan fingerprint density at radius 1 is 0.929 bits per heavy atom. The fourth-order valence-corrected chi connectivity index (χ4v) is 4.53. The van der Waals surface area contributed by atoms with Gasteiger partial charge in [0.2, 0.25) is 5.78 Å². The summed E-state index contributed by atoms with van der Waals surface area (Å²) in [5, 5.41) is 11.7. The Morgan fingerprint density at radius 2 is 1.71 bits per heavy atom. The molecular weight excluding hydrogens is 364 g/mol. The summed E-state index contributed by atoms with van der Waals surface area (Å²) in [6.45, 7) is 0. The number of pyridine rings is 1. The van der Waals surface area contributed by atoms with E-state index in [9.17, 15) is 10.1 Å². The number of rotatable bonds is 3. The number of ketones is 1. The Hall–Kier alpha value is -3.68. The van der Waals surface area contributed by atoms with E-state index in [2.05, 4.69) is 6.07 Å². The quantitative estimate of drug-likeness (QED) is 0.366. The normalized spacial score (nSPS) is 11.0. The smallest absolute Gasteiger partial charge is 0.219 e. The van der Waals surface area contributed by atoms with E-state index in [1.54, 1.807) is 6.07 Å². The van der Waals surface area contributed by atoms with E-state index in [1.165, 1.54) is 11.3 Å². The zero-order chi connectivity index (χ0) is 19.1. The second-order valence-corrected chi connectivity index (χ2v) is 7.62. The monoisotopic (exact) mass is 378 g/mol. The van der Waals surface area contributed by atoms with Gasteiger partial charge in [0.05, 0.1) is 21.7 Å². The van der Waals surface area contributed by atoms with E-state index < -0.39 is 0 Å². The van der Waals surface area contributed by atoms with Crippen LogP contribution >= 0.6 is 11.3 Å². The maximum Gasteiger partial charge on any atom is 0.219 e. The van der Waals surface area contributed by atoms with Crippen molar-refractivity contribution >= 4 is 33.4 Å². The van der Waals surface area contributed by atoms with E-state index in [1.807, 2.05) is 83.4 Å². The molecule has 3 heterocycles. The van der Waals surface area contributed by atoms with E-state index >= 15 is 0 Å². The van der Waals surface area contributed by atoms with Gasteiger partial charge in [-0.15, -0.1) is 11.3 Å². The lowest BCUT2D eigenvalue weighted by Gasteiger charge is -2.04. The number of nitriles is 1.